The highest BCUT2D eigenvalue weighted by Crippen LogP contribution is 2.30. The minimum atomic E-state index is 0.0762. The van der Waals surface area contributed by atoms with Gasteiger partial charge in [0.05, 0.1) is 0 Å². The third-order valence-electron chi connectivity index (χ3n) is 3.33. The molecular formula is C13H19IO. The molecule has 0 amide bonds. The molecule has 15 heavy (non-hydrogen) atoms. The maximum absolute atomic E-state index is 9.49. The van der Waals surface area contributed by atoms with E-state index in [1.165, 1.54) is 9.13 Å². The first kappa shape index (κ1) is 13.0. The lowest BCUT2D eigenvalue weighted by Crippen LogP contribution is -2.26. The molecule has 0 heterocycles. The van der Waals surface area contributed by atoms with Crippen molar-refractivity contribution in [1.29, 1.82) is 0 Å². The molecule has 0 saturated carbocycles. The summed E-state index contributed by atoms with van der Waals surface area (Å²) in [5.74, 6) is 0. The zero-order valence-corrected chi connectivity index (χ0v) is 11.6. The molecule has 0 atom stereocenters. The Kier molecular flexibility index (Phi) is 5.06. The van der Waals surface area contributed by atoms with Crippen LogP contribution in [0.2, 0.25) is 0 Å². The van der Waals surface area contributed by atoms with E-state index in [-0.39, 0.29) is 12.0 Å². The number of aliphatic hydroxyl groups is 1. The summed E-state index contributed by atoms with van der Waals surface area (Å²) in [5, 5.41) is 9.49. The van der Waals surface area contributed by atoms with Crippen molar-refractivity contribution in [1.82, 2.24) is 0 Å². The van der Waals surface area contributed by atoms with Crippen molar-refractivity contribution in [3.05, 3.63) is 33.4 Å². The maximum Gasteiger partial charge on any atom is 0.0490 e. The fourth-order valence-corrected chi connectivity index (χ4v) is 2.17. The quantitative estimate of drug-likeness (QED) is 0.822. The lowest BCUT2D eigenvalue weighted by atomic mass is 9.78. The van der Waals surface area contributed by atoms with Crippen molar-refractivity contribution in [2.75, 3.05) is 6.61 Å². The van der Waals surface area contributed by atoms with E-state index < -0.39 is 0 Å². The summed E-state index contributed by atoms with van der Waals surface area (Å²) >= 11 is 2.31. The molecule has 0 spiro atoms. The fraction of sp³-hybridized carbons (Fsp3) is 0.538. The number of hydrogen-bond donors (Lipinski definition) is 1. The molecule has 1 nitrogen and oxygen atoms in total. The van der Waals surface area contributed by atoms with Crippen LogP contribution in [0, 0.1) is 8.99 Å². The molecule has 1 N–H and O–H groups in total. The molecule has 84 valence electrons. The number of rotatable bonds is 5. The van der Waals surface area contributed by atoms with E-state index >= 15 is 0 Å². The van der Waals surface area contributed by atoms with Crippen molar-refractivity contribution >= 4 is 22.6 Å². The fourth-order valence-electron chi connectivity index (χ4n) is 1.81. The van der Waals surface area contributed by atoms with Gasteiger partial charge in [0.1, 0.15) is 0 Å². The Balaban J connectivity index is 2.78. The van der Waals surface area contributed by atoms with Crippen LogP contribution in [-0.4, -0.2) is 11.7 Å². The van der Waals surface area contributed by atoms with E-state index in [2.05, 4.69) is 60.7 Å². The van der Waals surface area contributed by atoms with E-state index in [0.29, 0.717) is 0 Å². The minimum Gasteiger partial charge on any atom is -0.396 e. The zero-order valence-electron chi connectivity index (χ0n) is 9.46. The predicted molar refractivity (Wildman–Crippen MR) is 73.0 cm³/mol. The largest absolute Gasteiger partial charge is 0.396 e. The number of hydrogen-bond acceptors (Lipinski definition) is 1. The molecule has 1 aromatic rings. The summed E-state index contributed by atoms with van der Waals surface area (Å²) in [6.07, 6.45) is 3.05. The van der Waals surface area contributed by atoms with Gasteiger partial charge in [0.15, 0.2) is 0 Å². The molecule has 0 bridgehead atoms. The molecule has 0 aliphatic carbocycles. The van der Waals surface area contributed by atoms with Crippen LogP contribution in [0.1, 0.15) is 32.3 Å². The van der Waals surface area contributed by atoms with Crippen molar-refractivity contribution < 1.29 is 5.11 Å². The summed E-state index contributed by atoms with van der Waals surface area (Å²) in [7, 11) is 0. The molecule has 1 aromatic carbocycles. The molecule has 0 aliphatic rings. The van der Waals surface area contributed by atoms with Crippen molar-refractivity contribution in [3.63, 3.8) is 0 Å². The van der Waals surface area contributed by atoms with Gasteiger partial charge in [-0.1, -0.05) is 26.0 Å². The first-order chi connectivity index (χ1) is 7.15. The Bertz CT molecular complexity index is 280. The summed E-state index contributed by atoms with van der Waals surface area (Å²) in [6, 6.07) is 8.59. The van der Waals surface area contributed by atoms with E-state index in [1.807, 2.05) is 0 Å². The molecule has 0 saturated heterocycles. The van der Waals surface area contributed by atoms with Crippen LogP contribution in [0.4, 0.5) is 0 Å². The molecule has 0 unspecified atom stereocenters. The van der Waals surface area contributed by atoms with Crippen LogP contribution in [0.3, 0.4) is 0 Å². The molecule has 0 aromatic heterocycles. The summed E-state index contributed by atoms with van der Waals surface area (Å²) in [5.41, 5.74) is 1.40. The first-order valence-corrected chi connectivity index (χ1v) is 6.59. The molecule has 0 fully saturated rings. The second kappa shape index (κ2) is 5.85. The smallest absolute Gasteiger partial charge is 0.0490 e. The second-order valence-electron chi connectivity index (χ2n) is 4.17. The van der Waals surface area contributed by atoms with Gasteiger partial charge in [0.25, 0.3) is 0 Å². The summed E-state index contributed by atoms with van der Waals surface area (Å²) in [6.45, 7) is 4.60. The average Bonchev–Trinajstić information content (AvgIpc) is 2.29. The van der Waals surface area contributed by atoms with Gasteiger partial charge in [-0.25, -0.2) is 0 Å². The van der Waals surface area contributed by atoms with Crippen LogP contribution in [0.5, 0.6) is 0 Å². The number of halogens is 1. The van der Waals surface area contributed by atoms with E-state index in [0.717, 1.165) is 19.3 Å². The lowest BCUT2D eigenvalue weighted by Gasteiger charge is -2.29. The van der Waals surface area contributed by atoms with Crippen molar-refractivity contribution in [3.8, 4) is 0 Å². The number of benzene rings is 1. The van der Waals surface area contributed by atoms with Crippen LogP contribution in [0.25, 0.3) is 0 Å². The highest BCUT2D eigenvalue weighted by molar-refractivity contribution is 14.1. The Morgan fingerprint density at radius 1 is 1.13 bits per heavy atom. The van der Waals surface area contributed by atoms with Crippen molar-refractivity contribution in [2.24, 2.45) is 5.41 Å². The lowest BCUT2D eigenvalue weighted by molar-refractivity contribution is 0.115. The standard InChI is InChI=1S/C13H19IO/c1-3-13(4-2,10-15)9-11-5-7-12(14)8-6-11/h5-8,15H,3-4,9-10H2,1-2H3. The van der Waals surface area contributed by atoms with Gasteiger partial charge in [-0.05, 0) is 65.0 Å². The summed E-state index contributed by atoms with van der Waals surface area (Å²) < 4.78 is 1.26. The Morgan fingerprint density at radius 3 is 2.07 bits per heavy atom. The van der Waals surface area contributed by atoms with E-state index in [1.54, 1.807) is 0 Å². The monoisotopic (exact) mass is 318 g/mol. The molecular weight excluding hydrogens is 299 g/mol. The third-order valence-corrected chi connectivity index (χ3v) is 4.05. The van der Waals surface area contributed by atoms with Gasteiger partial charge < -0.3 is 5.11 Å². The van der Waals surface area contributed by atoms with E-state index in [4.69, 9.17) is 0 Å². The van der Waals surface area contributed by atoms with Gasteiger partial charge in [-0.15, -0.1) is 0 Å². The average molecular weight is 318 g/mol. The van der Waals surface area contributed by atoms with Gasteiger partial charge >= 0.3 is 0 Å². The molecule has 0 radical (unpaired) electrons. The van der Waals surface area contributed by atoms with Gasteiger partial charge in [-0.2, -0.15) is 0 Å². The van der Waals surface area contributed by atoms with Crippen molar-refractivity contribution in [2.45, 2.75) is 33.1 Å². The van der Waals surface area contributed by atoms with E-state index in [9.17, 15) is 5.11 Å². The molecule has 0 aliphatic heterocycles. The topological polar surface area (TPSA) is 20.2 Å². The normalized spacial score (nSPS) is 11.7. The van der Waals surface area contributed by atoms with Crippen LogP contribution in [0.15, 0.2) is 24.3 Å². The van der Waals surface area contributed by atoms with Crippen LogP contribution in [-0.2, 0) is 6.42 Å². The number of aliphatic hydroxyl groups excluding tert-OH is 1. The molecule has 1 rings (SSSR count). The molecule has 2 heteroatoms. The Morgan fingerprint density at radius 2 is 1.67 bits per heavy atom. The highest BCUT2D eigenvalue weighted by atomic mass is 127. The summed E-state index contributed by atoms with van der Waals surface area (Å²) in [4.78, 5) is 0. The first-order valence-electron chi connectivity index (χ1n) is 5.51. The highest BCUT2D eigenvalue weighted by Gasteiger charge is 2.25. The Hall–Kier alpha value is -0.0900. The van der Waals surface area contributed by atoms with Crippen LogP contribution < -0.4 is 0 Å². The van der Waals surface area contributed by atoms with Gasteiger partial charge in [-0.3, -0.25) is 0 Å². The maximum atomic E-state index is 9.49. The second-order valence-corrected chi connectivity index (χ2v) is 5.41. The van der Waals surface area contributed by atoms with Crippen LogP contribution >= 0.6 is 22.6 Å². The zero-order chi connectivity index (χ0) is 11.3. The SMILES string of the molecule is CCC(CC)(CO)Cc1ccc(I)cc1. The van der Waals surface area contributed by atoms with Gasteiger partial charge in [0.2, 0.25) is 0 Å². The predicted octanol–water partition coefficient (Wildman–Crippen LogP) is 3.63. The minimum absolute atomic E-state index is 0.0762. The van der Waals surface area contributed by atoms with Gasteiger partial charge in [0, 0.05) is 10.2 Å². The third kappa shape index (κ3) is 3.45. The Labute approximate surface area is 106 Å².